The number of aryl methyl sites for hydroxylation is 1. The minimum atomic E-state index is -0.783. The highest BCUT2D eigenvalue weighted by Gasteiger charge is 2.33. The van der Waals surface area contributed by atoms with E-state index in [1.165, 1.54) is 0 Å². The van der Waals surface area contributed by atoms with E-state index < -0.39 is 11.9 Å². The van der Waals surface area contributed by atoms with Crippen molar-refractivity contribution in [2.24, 2.45) is 5.92 Å². The van der Waals surface area contributed by atoms with Crippen molar-refractivity contribution in [2.45, 2.75) is 32.4 Å². The van der Waals surface area contributed by atoms with Crippen LogP contribution in [-0.2, 0) is 16.1 Å². The molecule has 1 saturated heterocycles. The first-order valence-corrected chi connectivity index (χ1v) is 5.59. The maximum absolute atomic E-state index is 11.1. The molecule has 2 atom stereocenters. The molecule has 1 aromatic rings. The molecule has 0 aliphatic carbocycles. The fraction of sp³-hybridized carbons (Fsp3) is 0.636. The lowest BCUT2D eigenvalue weighted by Gasteiger charge is -2.28. The van der Waals surface area contributed by atoms with E-state index in [4.69, 9.17) is 9.84 Å². The first-order valence-electron chi connectivity index (χ1n) is 5.59. The van der Waals surface area contributed by atoms with Crippen LogP contribution in [0.2, 0.25) is 0 Å². The number of carboxylic acids is 1. The molecule has 5 nitrogen and oxygen atoms in total. The normalized spacial score (nSPS) is 25.6. The van der Waals surface area contributed by atoms with Crippen LogP contribution in [0.1, 0.15) is 31.4 Å². The van der Waals surface area contributed by atoms with Crippen LogP contribution in [0.3, 0.4) is 0 Å². The van der Waals surface area contributed by atoms with Gasteiger partial charge in [-0.15, -0.1) is 0 Å². The van der Waals surface area contributed by atoms with Crippen LogP contribution >= 0.6 is 0 Å². The molecule has 1 aliphatic heterocycles. The van der Waals surface area contributed by atoms with Crippen molar-refractivity contribution in [2.75, 3.05) is 6.61 Å². The SMILES string of the molecule is CCn1cc(C2OCCCC2C(=O)O)cn1. The lowest BCUT2D eigenvalue weighted by atomic mass is 9.91. The Morgan fingerprint density at radius 3 is 3.19 bits per heavy atom. The van der Waals surface area contributed by atoms with E-state index in [1.54, 1.807) is 10.9 Å². The Hall–Kier alpha value is -1.36. The summed E-state index contributed by atoms with van der Waals surface area (Å²) in [6.45, 7) is 3.41. The molecule has 2 heterocycles. The minimum Gasteiger partial charge on any atom is -0.481 e. The van der Waals surface area contributed by atoms with Gasteiger partial charge in [-0.2, -0.15) is 5.10 Å². The molecule has 1 fully saturated rings. The molecule has 5 heteroatoms. The summed E-state index contributed by atoms with van der Waals surface area (Å²) in [5.41, 5.74) is 0.869. The molecule has 0 radical (unpaired) electrons. The van der Waals surface area contributed by atoms with Crippen molar-refractivity contribution in [1.29, 1.82) is 0 Å². The van der Waals surface area contributed by atoms with Crippen molar-refractivity contribution in [1.82, 2.24) is 9.78 Å². The molecular weight excluding hydrogens is 208 g/mol. The summed E-state index contributed by atoms with van der Waals surface area (Å²) in [5.74, 6) is -1.22. The number of hydrogen-bond donors (Lipinski definition) is 1. The van der Waals surface area contributed by atoms with Gasteiger partial charge in [0.2, 0.25) is 0 Å². The van der Waals surface area contributed by atoms with Crippen LogP contribution < -0.4 is 0 Å². The Bertz CT molecular complexity index is 375. The van der Waals surface area contributed by atoms with Gasteiger partial charge in [-0.1, -0.05) is 0 Å². The first kappa shape index (κ1) is 11.1. The van der Waals surface area contributed by atoms with Gasteiger partial charge in [0.1, 0.15) is 0 Å². The standard InChI is InChI=1S/C11H16N2O3/c1-2-13-7-8(6-12-13)10-9(11(14)15)4-3-5-16-10/h6-7,9-10H,2-5H2,1H3,(H,14,15). The summed E-state index contributed by atoms with van der Waals surface area (Å²) in [4.78, 5) is 11.1. The van der Waals surface area contributed by atoms with Crippen LogP contribution in [-0.4, -0.2) is 27.5 Å². The fourth-order valence-corrected chi connectivity index (χ4v) is 2.06. The molecule has 16 heavy (non-hydrogen) atoms. The summed E-state index contributed by atoms with van der Waals surface area (Å²) in [5, 5.41) is 13.3. The van der Waals surface area contributed by atoms with E-state index in [-0.39, 0.29) is 6.10 Å². The molecule has 2 rings (SSSR count). The highest BCUT2D eigenvalue weighted by atomic mass is 16.5. The van der Waals surface area contributed by atoms with Crippen molar-refractivity contribution < 1.29 is 14.6 Å². The third-order valence-electron chi connectivity index (χ3n) is 2.95. The number of hydrogen-bond acceptors (Lipinski definition) is 3. The number of aliphatic carboxylic acids is 1. The average molecular weight is 224 g/mol. The molecule has 0 amide bonds. The lowest BCUT2D eigenvalue weighted by molar-refractivity contribution is -0.151. The zero-order chi connectivity index (χ0) is 11.5. The summed E-state index contributed by atoms with van der Waals surface area (Å²) < 4.78 is 7.35. The topological polar surface area (TPSA) is 64.3 Å². The molecule has 0 spiro atoms. The zero-order valence-corrected chi connectivity index (χ0v) is 9.30. The van der Waals surface area contributed by atoms with E-state index in [0.717, 1.165) is 18.5 Å². The minimum absolute atomic E-state index is 0.341. The monoisotopic (exact) mass is 224 g/mol. The zero-order valence-electron chi connectivity index (χ0n) is 9.30. The van der Waals surface area contributed by atoms with Crippen LogP contribution in [0.15, 0.2) is 12.4 Å². The average Bonchev–Trinajstić information content (AvgIpc) is 2.77. The molecule has 0 saturated carbocycles. The summed E-state index contributed by atoms with van der Waals surface area (Å²) in [6, 6.07) is 0. The fourth-order valence-electron chi connectivity index (χ4n) is 2.06. The second-order valence-corrected chi connectivity index (χ2v) is 4.01. The number of carboxylic acid groups (broad SMARTS) is 1. The van der Waals surface area contributed by atoms with Gasteiger partial charge >= 0.3 is 5.97 Å². The Labute approximate surface area is 94.0 Å². The van der Waals surface area contributed by atoms with E-state index in [2.05, 4.69) is 5.10 Å². The lowest BCUT2D eigenvalue weighted by Crippen LogP contribution is -2.28. The van der Waals surface area contributed by atoms with Gasteiger partial charge in [-0.25, -0.2) is 0 Å². The molecule has 88 valence electrons. The van der Waals surface area contributed by atoms with Crippen molar-refractivity contribution in [3.63, 3.8) is 0 Å². The van der Waals surface area contributed by atoms with Crippen LogP contribution in [0.25, 0.3) is 0 Å². The third kappa shape index (κ3) is 2.09. The second kappa shape index (κ2) is 4.65. The van der Waals surface area contributed by atoms with Crippen LogP contribution in [0.4, 0.5) is 0 Å². The number of rotatable bonds is 3. The molecule has 1 aromatic heterocycles. The number of nitrogens with zero attached hydrogens (tertiary/aromatic N) is 2. The van der Waals surface area contributed by atoms with Crippen molar-refractivity contribution in [3.05, 3.63) is 18.0 Å². The molecule has 1 aliphatic rings. The predicted molar refractivity (Wildman–Crippen MR) is 57.0 cm³/mol. The predicted octanol–water partition coefficient (Wildman–Crippen LogP) is 1.46. The van der Waals surface area contributed by atoms with Gasteiger partial charge < -0.3 is 9.84 Å². The Morgan fingerprint density at radius 2 is 2.56 bits per heavy atom. The molecule has 1 N–H and O–H groups in total. The first-order chi connectivity index (χ1) is 7.72. The smallest absolute Gasteiger partial charge is 0.309 e. The molecule has 2 unspecified atom stereocenters. The van der Waals surface area contributed by atoms with E-state index in [9.17, 15) is 4.79 Å². The summed E-state index contributed by atoms with van der Waals surface area (Å²) in [7, 11) is 0. The number of carbonyl (C=O) groups is 1. The Balaban J connectivity index is 2.19. The molecular formula is C11H16N2O3. The van der Waals surface area contributed by atoms with Gasteiger partial charge in [0, 0.05) is 24.9 Å². The van der Waals surface area contributed by atoms with Gasteiger partial charge in [0.15, 0.2) is 0 Å². The van der Waals surface area contributed by atoms with Gasteiger partial charge in [-0.3, -0.25) is 9.48 Å². The van der Waals surface area contributed by atoms with Gasteiger partial charge in [-0.05, 0) is 19.8 Å². The number of ether oxygens (including phenoxy) is 1. The maximum Gasteiger partial charge on any atom is 0.309 e. The van der Waals surface area contributed by atoms with Crippen molar-refractivity contribution in [3.8, 4) is 0 Å². The number of aromatic nitrogens is 2. The van der Waals surface area contributed by atoms with E-state index >= 15 is 0 Å². The van der Waals surface area contributed by atoms with Gasteiger partial charge in [0.05, 0.1) is 18.2 Å². The van der Waals surface area contributed by atoms with Crippen LogP contribution in [0, 0.1) is 5.92 Å². The molecule has 0 aromatic carbocycles. The van der Waals surface area contributed by atoms with E-state index in [0.29, 0.717) is 13.0 Å². The summed E-state index contributed by atoms with van der Waals surface area (Å²) in [6.07, 6.45) is 4.72. The largest absolute Gasteiger partial charge is 0.481 e. The van der Waals surface area contributed by atoms with Crippen molar-refractivity contribution >= 4 is 5.97 Å². The van der Waals surface area contributed by atoms with E-state index in [1.807, 2.05) is 13.1 Å². The second-order valence-electron chi connectivity index (χ2n) is 4.01. The quantitative estimate of drug-likeness (QED) is 0.844. The molecule has 0 bridgehead atoms. The van der Waals surface area contributed by atoms with Crippen LogP contribution in [0.5, 0.6) is 0 Å². The summed E-state index contributed by atoms with van der Waals surface area (Å²) >= 11 is 0. The Kier molecular flexibility index (Phi) is 3.24. The van der Waals surface area contributed by atoms with Gasteiger partial charge in [0.25, 0.3) is 0 Å². The third-order valence-corrected chi connectivity index (χ3v) is 2.95. The Morgan fingerprint density at radius 1 is 1.75 bits per heavy atom. The highest BCUT2D eigenvalue weighted by molar-refractivity contribution is 5.71. The highest BCUT2D eigenvalue weighted by Crippen LogP contribution is 2.33. The maximum atomic E-state index is 11.1.